The number of piperidine rings is 1. The van der Waals surface area contributed by atoms with Crippen molar-refractivity contribution in [2.24, 2.45) is 5.92 Å². The molecule has 1 fully saturated rings. The second kappa shape index (κ2) is 7.08. The molecule has 0 aliphatic carbocycles. The van der Waals surface area contributed by atoms with Gasteiger partial charge in [0.2, 0.25) is 5.89 Å². The first kappa shape index (κ1) is 15.9. The van der Waals surface area contributed by atoms with E-state index in [0.717, 1.165) is 38.2 Å². The number of carbonyl (C=O) groups is 1. The predicted octanol–water partition coefficient (Wildman–Crippen LogP) is 1.98. The van der Waals surface area contributed by atoms with E-state index in [1.54, 1.807) is 19.3 Å². The first-order valence-electron chi connectivity index (χ1n) is 7.60. The van der Waals surface area contributed by atoms with Gasteiger partial charge in [-0.15, -0.1) is 0 Å². The van der Waals surface area contributed by atoms with Crippen LogP contribution in [0.5, 0.6) is 0 Å². The summed E-state index contributed by atoms with van der Waals surface area (Å²) < 4.78 is 5.00. The fourth-order valence-electron chi connectivity index (χ4n) is 2.74. The zero-order valence-corrected chi connectivity index (χ0v) is 14.0. The highest BCUT2D eigenvalue weighted by molar-refractivity contribution is 7.98. The number of nitrogens with zero attached hydrogens (tertiary/aromatic N) is 5. The van der Waals surface area contributed by atoms with Crippen LogP contribution in [0.3, 0.4) is 0 Å². The lowest BCUT2D eigenvalue weighted by molar-refractivity contribution is 0.0688. The number of carbonyl (C=O) groups excluding carboxylic acids is 1. The highest BCUT2D eigenvalue weighted by atomic mass is 32.2. The van der Waals surface area contributed by atoms with Crippen molar-refractivity contribution in [1.29, 1.82) is 0 Å². The molecule has 3 rings (SSSR count). The maximum absolute atomic E-state index is 12.5. The van der Waals surface area contributed by atoms with Crippen LogP contribution < -0.4 is 0 Å². The van der Waals surface area contributed by atoms with E-state index in [9.17, 15) is 4.79 Å². The van der Waals surface area contributed by atoms with E-state index in [1.165, 1.54) is 11.8 Å². The quantitative estimate of drug-likeness (QED) is 0.625. The summed E-state index contributed by atoms with van der Waals surface area (Å²) in [5, 5.41) is 4.62. The van der Waals surface area contributed by atoms with Crippen molar-refractivity contribution in [2.75, 3.05) is 19.3 Å². The van der Waals surface area contributed by atoms with Crippen LogP contribution in [0.1, 0.15) is 34.9 Å². The van der Waals surface area contributed by atoms with E-state index in [4.69, 9.17) is 4.52 Å². The summed E-state index contributed by atoms with van der Waals surface area (Å²) in [6, 6.07) is 0. The Morgan fingerprint density at radius 3 is 2.61 bits per heavy atom. The van der Waals surface area contributed by atoms with Crippen molar-refractivity contribution in [1.82, 2.24) is 25.0 Å². The van der Waals surface area contributed by atoms with Crippen LogP contribution in [-0.4, -0.2) is 50.3 Å². The third-order valence-corrected chi connectivity index (χ3v) is 4.58. The maximum Gasteiger partial charge on any atom is 0.256 e. The molecule has 23 heavy (non-hydrogen) atoms. The summed E-state index contributed by atoms with van der Waals surface area (Å²) in [6.07, 6.45) is 7.83. The van der Waals surface area contributed by atoms with Crippen LogP contribution in [0.25, 0.3) is 0 Å². The molecule has 2 aromatic heterocycles. The Labute approximate surface area is 138 Å². The third kappa shape index (κ3) is 3.87. The monoisotopic (exact) mass is 333 g/mol. The second-order valence-electron chi connectivity index (χ2n) is 5.63. The van der Waals surface area contributed by atoms with Gasteiger partial charge in [-0.05, 0) is 25.0 Å². The van der Waals surface area contributed by atoms with Crippen LogP contribution in [0, 0.1) is 12.8 Å². The summed E-state index contributed by atoms with van der Waals surface area (Å²) in [6.45, 7) is 3.28. The number of amides is 1. The lowest BCUT2D eigenvalue weighted by Gasteiger charge is -2.31. The molecule has 1 amide bonds. The van der Waals surface area contributed by atoms with Crippen molar-refractivity contribution in [2.45, 2.75) is 31.3 Å². The minimum atomic E-state index is 0.00603. The topological polar surface area (TPSA) is 85.0 Å². The van der Waals surface area contributed by atoms with E-state index < -0.39 is 0 Å². The molecule has 3 heterocycles. The first-order valence-corrected chi connectivity index (χ1v) is 8.82. The molecule has 0 spiro atoms. The zero-order valence-electron chi connectivity index (χ0n) is 13.2. The van der Waals surface area contributed by atoms with Gasteiger partial charge in [-0.25, -0.2) is 9.97 Å². The Hall–Kier alpha value is -1.96. The van der Waals surface area contributed by atoms with Gasteiger partial charge in [0, 0.05) is 38.8 Å². The molecule has 0 atom stereocenters. The maximum atomic E-state index is 12.5. The highest BCUT2D eigenvalue weighted by Crippen LogP contribution is 2.22. The molecule has 0 N–H and O–H groups in total. The van der Waals surface area contributed by atoms with Crippen LogP contribution in [0.2, 0.25) is 0 Å². The number of thioether (sulfide) groups is 1. The highest BCUT2D eigenvalue weighted by Gasteiger charge is 2.25. The molecule has 0 radical (unpaired) electrons. The molecule has 7 nitrogen and oxygen atoms in total. The number of hydrogen-bond donors (Lipinski definition) is 0. The van der Waals surface area contributed by atoms with Gasteiger partial charge in [-0.1, -0.05) is 16.9 Å². The first-order chi connectivity index (χ1) is 11.2. The van der Waals surface area contributed by atoms with Gasteiger partial charge in [0.1, 0.15) is 0 Å². The average molecular weight is 333 g/mol. The van der Waals surface area contributed by atoms with Crippen molar-refractivity contribution in [3.8, 4) is 0 Å². The average Bonchev–Trinajstić information content (AvgIpc) is 3.00. The van der Waals surface area contributed by atoms with Gasteiger partial charge in [-0.3, -0.25) is 4.79 Å². The van der Waals surface area contributed by atoms with E-state index in [-0.39, 0.29) is 5.91 Å². The molecule has 1 aliphatic heterocycles. The van der Waals surface area contributed by atoms with E-state index in [0.29, 0.717) is 22.5 Å². The number of aryl methyl sites for hydroxylation is 1. The summed E-state index contributed by atoms with van der Waals surface area (Å²) in [4.78, 5) is 26.9. The van der Waals surface area contributed by atoms with Crippen molar-refractivity contribution in [3.05, 3.63) is 29.7 Å². The van der Waals surface area contributed by atoms with Gasteiger partial charge >= 0.3 is 0 Å². The smallest absolute Gasteiger partial charge is 0.256 e. The Kier molecular flexibility index (Phi) is 4.90. The third-order valence-electron chi connectivity index (χ3n) is 4.00. The van der Waals surface area contributed by atoms with Gasteiger partial charge in [-0.2, -0.15) is 4.98 Å². The largest absolute Gasteiger partial charge is 0.340 e. The standard InChI is InChI=1S/C15H19N5O2S/c1-10-18-13(19-22-10)7-11-3-5-20(6-4-11)14(21)12-8-16-15(23-2)17-9-12/h8-9,11H,3-7H2,1-2H3. The summed E-state index contributed by atoms with van der Waals surface area (Å²) in [7, 11) is 0. The van der Waals surface area contributed by atoms with Gasteiger partial charge < -0.3 is 9.42 Å². The summed E-state index contributed by atoms with van der Waals surface area (Å²) in [5.41, 5.74) is 0.551. The number of hydrogen-bond acceptors (Lipinski definition) is 7. The van der Waals surface area contributed by atoms with Crippen molar-refractivity contribution < 1.29 is 9.32 Å². The molecule has 0 aromatic carbocycles. The molecule has 0 saturated carbocycles. The summed E-state index contributed by atoms with van der Waals surface area (Å²) >= 11 is 1.46. The van der Waals surface area contributed by atoms with Gasteiger partial charge in [0.05, 0.1) is 5.56 Å². The molecular formula is C15H19N5O2S. The Morgan fingerprint density at radius 2 is 2.04 bits per heavy atom. The SMILES string of the molecule is CSc1ncc(C(=O)N2CCC(Cc3noc(C)n3)CC2)cn1. The molecule has 122 valence electrons. The minimum absolute atomic E-state index is 0.00603. The molecular weight excluding hydrogens is 314 g/mol. The normalized spacial score (nSPS) is 15.8. The zero-order chi connectivity index (χ0) is 16.2. The van der Waals surface area contributed by atoms with Gasteiger partial charge in [0.15, 0.2) is 11.0 Å². The number of aromatic nitrogens is 4. The van der Waals surface area contributed by atoms with Gasteiger partial charge in [0.25, 0.3) is 5.91 Å². The summed E-state index contributed by atoms with van der Waals surface area (Å²) in [5.74, 6) is 1.85. The van der Waals surface area contributed by atoms with Crippen LogP contribution in [0.15, 0.2) is 22.1 Å². The molecule has 0 unspecified atom stereocenters. The number of rotatable bonds is 4. The fourth-order valence-corrected chi connectivity index (χ4v) is 3.05. The molecule has 0 bridgehead atoms. The lowest BCUT2D eigenvalue weighted by atomic mass is 9.93. The predicted molar refractivity (Wildman–Crippen MR) is 85.2 cm³/mol. The van der Waals surface area contributed by atoms with Crippen LogP contribution in [-0.2, 0) is 6.42 Å². The lowest BCUT2D eigenvalue weighted by Crippen LogP contribution is -2.39. The minimum Gasteiger partial charge on any atom is -0.340 e. The Bertz CT molecular complexity index is 665. The molecule has 1 aliphatic rings. The fraction of sp³-hybridized carbons (Fsp3) is 0.533. The Balaban J connectivity index is 1.54. The van der Waals surface area contributed by atoms with Crippen LogP contribution >= 0.6 is 11.8 Å². The van der Waals surface area contributed by atoms with Crippen LogP contribution in [0.4, 0.5) is 0 Å². The second-order valence-corrected chi connectivity index (χ2v) is 6.40. The van der Waals surface area contributed by atoms with E-state index in [1.807, 2.05) is 11.2 Å². The molecule has 1 saturated heterocycles. The molecule has 8 heteroatoms. The van der Waals surface area contributed by atoms with E-state index in [2.05, 4.69) is 20.1 Å². The Morgan fingerprint density at radius 1 is 1.35 bits per heavy atom. The van der Waals surface area contributed by atoms with Crippen molar-refractivity contribution in [3.63, 3.8) is 0 Å². The van der Waals surface area contributed by atoms with Crippen molar-refractivity contribution >= 4 is 17.7 Å². The molecule has 2 aromatic rings. The van der Waals surface area contributed by atoms with E-state index >= 15 is 0 Å². The number of likely N-dealkylation sites (tertiary alicyclic amines) is 1.